The van der Waals surface area contributed by atoms with Crippen LogP contribution in [0, 0.1) is 12.3 Å². The van der Waals surface area contributed by atoms with Crippen molar-refractivity contribution in [3.05, 3.63) is 0 Å². The van der Waals surface area contributed by atoms with E-state index in [-0.39, 0.29) is 12.6 Å². The highest BCUT2D eigenvalue weighted by atomic mass is 31.2. The molecule has 0 heterocycles. The van der Waals surface area contributed by atoms with Crippen molar-refractivity contribution in [3.8, 4) is 12.3 Å². The van der Waals surface area contributed by atoms with Gasteiger partial charge in [0.2, 0.25) is 5.79 Å². The van der Waals surface area contributed by atoms with E-state index >= 15 is 0 Å². The van der Waals surface area contributed by atoms with Gasteiger partial charge in [-0.05, 0) is 5.92 Å². The average Bonchev–Trinajstić information content (AvgIpc) is 2.31. The third-order valence-corrected chi connectivity index (χ3v) is 4.03. The fraction of sp³-hybridized carbons (Fsp3) is 0.778. The Kier molecular flexibility index (Phi) is 6.11. The molecular formula is C9H17O5P. The molecule has 0 aliphatic heterocycles. The Labute approximate surface area is 90.6 Å². The normalized spacial score (nSPS) is 12.5. The summed E-state index contributed by atoms with van der Waals surface area (Å²) >= 11 is 0. The molecule has 5 nitrogen and oxygen atoms in total. The summed E-state index contributed by atoms with van der Waals surface area (Å²) in [5, 5.41) is 0. The van der Waals surface area contributed by atoms with Crippen molar-refractivity contribution in [1.82, 2.24) is 0 Å². The van der Waals surface area contributed by atoms with Crippen LogP contribution in [0.3, 0.4) is 0 Å². The molecular weight excluding hydrogens is 219 g/mol. The van der Waals surface area contributed by atoms with Crippen molar-refractivity contribution in [2.75, 3.05) is 34.6 Å². The number of hydrogen-bond donors (Lipinski definition) is 0. The van der Waals surface area contributed by atoms with Crippen LogP contribution in [0.2, 0.25) is 0 Å². The quantitative estimate of drug-likeness (QED) is 0.381. The van der Waals surface area contributed by atoms with Crippen LogP contribution >= 0.6 is 7.60 Å². The van der Waals surface area contributed by atoms with Crippen LogP contribution in [-0.2, 0) is 23.1 Å². The number of terminal acetylenes is 1. The molecule has 0 rings (SSSR count). The lowest BCUT2D eigenvalue weighted by molar-refractivity contribution is -0.163. The zero-order chi connectivity index (χ0) is 11.9. The molecule has 0 N–H and O–H groups in total. The Morgan fingerprint density at radius 2 is 1.67 bits per heavy atom. The molecule has 15 heavy (non-hydrogen) atoms. The molecule has 0 aromatic carbocycles. The van der Waals surface area contributed by atoms with Crippen LogP contribution in [0.1, 0.15) is 6.42 Å². The van der Waals surface area contributed by atoms with Gasteiger partial charge in [-0.15, -0.1) is 6.42 Å². The largest absolute Gasteiger partial charge is 0.343 e. The Hall–Kier alpha value is -0.370. The lowest BCUT2D eigenvalue weighted by atomic mass is 10.2. The fourth-order valence-electron chi connectivity index (χ4n) is 1.02. The Morgan fingerprint density at radius 1 is 1.20 bits per heavy atom. The fourth-order valence-corrected chi connectivity index (χ4v) is 2.10. The van der Waals surface area contributed by atoms with E-state index in [9.17, 15) is 4.57 Å². The molecule has 6 heteroatoms. The third-order valence-electron chi connectivity index (χ3n) is 2.15. The molecule has 0 unspecified atom stereocenters. The number of methoxy groups -OCH3 is 2. The molecule has 0 radical (unpaired) electrons. The molecule has 88 valence electrons. The van der Waals surface area contributed by atoms with Crippen LogP contribution < -0.4 is 0 Å². The molecule has 0 saturated carbocycles. The van der Waals surface area contributed by atoms with Crippen LogP contribution in [-0.4, -0.2) is 40.4 Å². The van der Waals surface area contributed by atoms with Gasteiger partial charge in [0.1, 0.15) is 0 Å². The molecule has 0 fully saturated rings. The zero-order valence-corrected chi connectivity index (χ0v) is 10.4. The summed E-state index contributed by atoms with van der Waals surface area (Å²) in [6, 6.07) is 0. The van der Waals surface area contributed by atoms with Crippen LogP contribution in [0.15, 0.2) is 0 Å². The maximum absolute atomic E-state index is 11.7. The topological polar surface area (TPSA) is 54.0 Å². The van der Waals surface area contributed by atoms with E-state index in [0.29, 0.717) is 0 Å². The van der Waals surface area contributed by atoms with Gasteiger partial charge in [-0.1, -0.05) is 0 Å². The predicted octanol–water partition coefficient (Wildman–Crippen LogP) is 1.48. The maximum Gasteiger partial charge on any atom is 0.330 e. The monoisotopic (exact) mass is 236 g/mol. The summed E-state index contributed by atoms with van der Waals surface area (Å²) in [5.74, 6) is 1.19. The summed E-state index contributed by atoms with van der Waals surface area (Å²) in [4.78, 5) is 0. The average molecular weight is 236 g/mol. The van der Waals surface area contributed by atoms with Gasteiger partial charge in [0.25, 0.3) is 0 Å². The van der Waals surface area contributed by atoms with Gasteiger partial charge in [-0.25, -0.2) is 0 Å². The molecule has 0 aromatic heterocycles. The van der Waals surface area contributed by atoms with Gasteiger partial charge >= 0.3 is 7.60 Å². The highest BCUT2D eigenvalue weighted by Crippen LogP contribution is 2.47. The smallest absolute Gasteiger partial charge is 0.330 e. The second-order valence-corrected chi connectivity index (χ2v) is 5.15. The second kappa shape index (κ2) is 6.26. The van der Waals surface area contributed by atoms with Gasteiger partial charge in [-0.3, -0.25) is 4.57 Å². The number of ether oxygens (including phenoxy) is 2. The Bertz CT molecular complexity index is 258. The van der Waals surface area contributed by atoms with Gasteiger partial charge in [0.05, 0.1) is 6.16 Å². The first-order chi connectivity index (χ1) is 7.01. The molecule has 0 aliphatic rings. The highest BCUT2D eigenvalue weighted by Gasteiger charge is 2.32. The van der Waals surface area contributed by atoms with Gasteiger partial charge < -0.3 is 18.5 Å². The first kappa shape index (κ1) is 14.6. The van der Waals surface area contributed by atoms with Crippen molar-refractivity contribution in [1.29, 1.82) is 0 Å². The summed E-state index contributed by atoms with van der Waals surface area (Å²) in [6.45, 7) is 0. The minimum Gasteiger partial charge on any atom is -0.343 e. The standard InChI is InChI=1S/C9H17O5P/c1-6-9(11-2,12-3)7-8-15(10,13-4)14-5/h1H,7-8H2,2-5H3. The number of rotatable bonds is 7. The zero-order valence-electron chi connectivity index (χ0n) is 9.48. The molecule has 0 aliphatic carbocycles. The van der Waals surface area contributed by atoms with Crippen molar-refractivity contribution in [2.45, 2.75) is 12.2 Å². The van der Waals surface area contributed by atoms with Crippen LogP contribution in [0.5, 0.6) is 0 Å². The van der Waals surface area contributed by atoms with Crippen molar-refractivity contribution in [3.63, 3.8) is 0 Å². The summed E-state index contributed by atoms with van der Waals surface area (Å²) in [6.07, 6.45) is 5.63. The van der Waals surface area contributed by atoms with Crippen LogP contribution in [0.4, 0.5) is 0 Å². The Balaban J connectivity index is 4.48. The SMILES string of the molecule is C#CC(CCP(=O)(OC)OC)(OC)OC. The van der Waals surface area contributed by atoms with E-state index in [2.05, 4.69) is 5.92 Å². The molecule has 0 spiro atoms. The second-order valence-electron chi connectivity index (χ2n) is 2.76. The van der Waals surface area contributed by atoms with Gasteiger partial charge in [0, 0.05) is 34.9 Å². The van der Waals surface area contributed by atoms with Gasteiger partial charge in [-0.2, -0.15) is 0 Å². The van der Waals surface area contributed by atoms with Gasteiger partial charge in [0.15, 0.2) is 0 Å². The lowest BCUT2D eigenvalue weighted by Crippen LogP contribution is -2.33. The molecule has 0 aromatic rings. The van der Waals surface area contributed by atoms with Crippen molar-refractivity contribution < 1.29 is 23.1 Å². The minimum absolute atomic E-state index is 0.131. The van der Waals surface area contributed by atoms with Crippen molar-refractivity contribution >= 4 is 7.60 Å². The first-order valence-electron chi connectivity index (χ1n) is 4.30. The van der Waals surface area contributed by atoms with E-state index in [1.807, 2.05) is 0 Å². The predicted molar refractivity (Wildman–Crippen MR) is 56.7 cm³/mol. The summed E-state index contributed by atoms with van der Waals surface area (Å²) in [5.41, 5.74) is 0. The third kappa shape index (κ3) is 3.94. The number of hydrogen-bond acceptors (Lipinski definition) is 5. The van der Waals surface area contributed by atoms with Crippen LogP contribution in [0.25, 0.3) is 0 Å². The summed E-state index contributed by atoms with van der Waals surface area (Å²) in [7, 11) is 2.42. The van der Waals surface area contributed by atoms with E-state index in [1.165, 1.54) is 28.4 Å². The van der Waals surface area contributed by atoms with E-state index in [4.69, 9.17) is 24.9 Å². The Morgan fingerprint density at radius 3 is 1.93 bits per heavy atom. The maximum atomic E-state index is 11.7. The highest BCUT2D eigenvalue weighted by molar-refractivity contribution is 7.53. The van der Waals surface area contributed by atoms with E-state index in [1.54, 1.807) is 0 Å². The summed E-state index contributed by atoms with van der Waals surface area (Å²) < 4.78 is 31.3. The van der Waals surface area contributed by atoms with E-state index in [0.717, 1.165) is 0 Å². The molecule has 0 amide bonds. The molecule has 0 bridgehead atoms. The first-order valence-corrected chi connectivity index (χ1v) is 6.03. The van der Waals surface area contributed by atoms with Crippen molar-refractivity contribution in [2.24, 2.45) is 0 Å². The molecule has 0 atom stereocenters. The lowest BCUT2D eigenvalue weighted by Gasteiger charge is -2.26. The molecule has 0 saturated heterocycles. The van der Waals surface area contributed by atoms with E-state index < -0.39 is 13.4 Å². The minimum atomic E-state index is -3.07.